The number of carbonyl (C=O) groups excluding carboxylic acids is 1. The molecule has 0 spiro atoms. The molecular weight excluding hydrogens is 296 g/mol. The van der Waals surface area contributed by atoms with Crippen LogP contribution in [0.5, 0.6) is 0 Å². The Morgan fingerprint density at radius 2 is 2.22 bits per heavy atom. The maximum atomic E-state index is 11.6. The third-order valence-corrected chi connectivity index (χ3v) is 4.51. The molecule has 2 rings (SSSR count). The Hall–Kier alpha value is -2.15. The Morgan fingerprint density at radius 1 is 1.48 bits per heavy atom. The summed E-state index contributed by atoms with van der Waals surface area (Å²) in [4.78, 5) is 22.4. The summed E-state index contributed by atoms with van der Waals surface area (Å²) in [5.74, 6) is -0.338. The summed E-state index contributed by atoms with van der Waals surface area (Å²) < 4.78 is 0. The maximum Gasteiger partial charge on any atom is 0.293 e. The van der Waals surface area contributed by atoms with E-state index < -0.39 is 4.92 Å². The van der Waals surface area contributed by atoms with Crippen LogP contribution in [0.3, 0.4) is 0 Å². The number of piperidine rings is 1. The average Bonchev–Trinajstić information content (AvgIpc) is 2.52. The van der Waals surface area contributed by atoms with Gasteiger partial charge in [-0.3, -0.25) is 14.9 Å². The van der Waals surface area contributed by atoms with E-state index in [1.165, 1.54) is 13.1 Å². The van der Waals surface area contributed by atoms with E-state index in [9.17, 15) is 14.9 Å². The summed E-state index contributed by atoms with van der Waals surface area (Å²) in [6.07, 6.45) is 2.27. The molecule has 1 saturated heterocycles. The Morgan fingerprint density at radius 3 is 2.83 bits per heavy atom. The topological polar surface area (TPSA) is 96.3 Å². The van der Waals surface area contributed by atoms with Crippen LogP contribution in [0, 0.1) is 15.5 Å². The highest BCUT2D eigenvalue weighted by Crippen LogP contribution is 2.31. The summed E-state index contributed by atoms with van der Waals surface area (Å²) in [6.45, 7) is 5.98. The lowest BCUT2D eigenvalue weighted by Gasteiger charge is -2.39. The molecule has 0 bridgehead atoms. The second-order valence-electron chi connectivity index (χ2n) is 6.55. The van der Waals surface area contributed by atoms with Gasteiger partial charge in [-0.25, -0.2) is 0 Å². The standard InChI is InChI=1S/C16H24N4O3/c1-16(2)7-4-8-18-14(16)10-19-12-6-5-11(15(21)17-3)9-13(12)20(22)23/h5-6,9,14,18-19H,4,7-8,10H2,1-3H3,(H,17,21). The van der Waals surface area contributed by atoms with E-state index in [1.54, 1.807) is 12.1 Å². The molecule has 1 unspecified atom stereocenters. The van der Waals surface area contributed by atoms with Crippen LogP contribution >= 0.6 is 0 Å². The van der Waals surface area contributed by atoms with Crippen molar-refractivity contribution in [2.45, 2.75) is 32.7 Å². The van der Waals surface area contributed by atoms with E-state index in [-0.39, 0.29) is 28.6 Å². The minimum Gasteiger partial charge on any atom is -0.378 e. The van der Waals surface area contributed by atoms with Crippen molar-refractivity contribution in [1.29, 1.82) is 0 Å². The number of rotatable bonds is 5. The van der Waals surface area contributed by atoms with Gasteiger partial charge >= 0.3 is 0 Å². The summed E-state index contributed by atoms with van der Waals surface area (Å²) in [5, 5.41) is 20.4. The first-order chi connectivity index (χ1) is 10.8. The van der Waals surface area contributed by atoms with Crippen molar-refractivity contribution in [2.75, 3.05) is 25.5 Å². The number of benzene rings is 1. The monoisotopic (exact) mass is 320 g/mol. The number of nitro groups is 1. The number of nitrogens with one attached hydrogen (secondary N) is 3. The van der Waals surface area contributed by atoms with Gasteiger partial charge in [0.1, 0.15) is 5.69 Å². The van der Waals surface area contributed by atoms with Crippen LogP contribution in [0.4, 0.5) is 11.4 Å². The molecule has 7 nitrogen and oxygen atoms in total. The third-order valence-electron chi connectivity index (χ3n) is 4.51. The molecule has 1 aromatic carbocycles. The number of nitrogens with zero attached hydrogens (tertiary/aromatic N) is 1. The number of amides is 1. The lowest BCUT2D eigenvalue weighted by Crippen LogP contribution is -2.50. The van der Waals surface area contributed by atoms with Crippen LogP contribution in [0.2, 0.25) is 0 Å². The van der Waals surface area contributed by atoms with Gasteiger partial charge in [0.2, 0.25) is 0 Å². The fourth-order valence-corrected chi connectivity index (χ4v) is 2.95. The highest BCUT2D eigenvalue weighted by Gasteiger charge is 2.32. The molecule has 1 heterocycles. The van der Waals surface area contributed by atoms with Crippen LogP contribution in [0.15, 0.2) is 18.2 Å². The van der Waals surface area contributed by atoms with Crippen molar-refractivity contribution >= 4 is 17.3 Å². The van der Waals surface area contributed by atoms with E-state index >= 15 is 0 Å². The molecule has 0 radical (unpaired) electrons. The van der Waals surface area contributed by atoms with Gasteiger partial charge in [0.15, 0.2) is 0 Å². The number of anilines is 1. The van der Waals surface area contributed by atoms with E-state index in [4.69, 9.17) is 0 Å². The molecule has 3 N–H and O–H groups in total. The smallest absolute Gasteiger partial charge is 0.293 e. The van der Waals surface area contributed by atoms with Crippen molar-refractivity contribution < 1.29 is 9.72 Å². The summed E-state index contributed by atoms with van der Waals surface area (Å²) in [6, 6.07) is 4.74. The fraction of sp³-hybridized carbons (Fsp3) is 0.562. The van der Waals surface area contributed by atoms with Crippen LogP contribution < -0.4 is 16.0 Å². The van der Waals surface area contributed by atoms with Gasteiger partial charge in [-0.1, -0.05) is 13.8 Å². The van der Waals surface area contributed by atoms with Gasteiger partial charge < -0.3 is 16.0 Å². The molecule has 1 atom stereocenters. The molecule has 0 saturated carbocycles. The third kappa shape index (κ3) is 3.98. The normalized spacial score (nSPS) is 19.9. The molecule has 1 aliphatic rings. The zero-order valence-corrected chi connectivity index (χ0v) is 13.8. The predicted octanol–water partition coefficient (Wildman–Crippen LogP) is 2.14. The van der Waals surface area contributed by atoms with E-state index in [0.717, 1.165) is 19.4 Å². The lowest BCUT2D eigenvalue weighted by atomic mass is 9.77. The van der Waals surface area contributed by atoms with Gasteiger partial charge in [-0.15, -0.1) is 0 Å². The number of hydrogen-bond donors (Lipinski definition) is 3. The number of nitro benzene ring substituents is 1. The quantitative estimate of drug-likeness (QED) is 0.570. The van der Waals surface area contributed by atoms with E-state index in [2.05, 4.69) is 29.8 Å². The number of carbonyl (C=O) groups is 1. The predicted molar refractivity (Wildman–Crippen MR) is 89.8 cm³/mol. The van der Waals surface area contributed by atoms with Crippen LogP contribution in [-0.2, 0) is 0 Å². The Bertz CT molecular complexity index is 601. The van der Waals surface area contributed by atoms with Gasteiger partial charge in [0.05, 0.1) is 4.92 Å². The van der Waals surface area contributed by atoms with Gasteiger partial charge in [0, 0.05) is 31.3 Å². The summed E-state index contributed by atoms with van der Waals surface area (Å²) in [5.41, 5.74) is 0.772. The highest BCUT2D eigenvalue weighted by molar-refractivity contribution is 5.95. The van der Waals surface area contributed by atoms with Crippen molar-refractivity contribution in [3.63, 3.8) is 0 Å². The Kier molecular flexibility index (Phi) is 5.20. The SMILES string of the molecule is CNC(=O)c1ccc(NCC2NCCCC2(C)C)c([N+](=O)[O-])c1. The van der Waals surface area contributed by atoms with Crippen LogP contribution in [0.1, 0.15) is 37.0 Å². The zero-order chi connectivity index (χ0) is 17.0. The molecule has 126 valence electrons. The largest absolute Gasteiger partial charge is 0.378 e. The van der Waals surface area contributed by atoms with Crippen molar-refractivity contribution in [3.05, 3.63) is 33.9 Å². The molecule has 0 aliphatic carbocycles. The minimum absolute atomic E-state index is 0.0836. The molecular formula is C16H24N4O3. The molecule has 1 aromatic rings. The first-order valence-electron chi connectivity index (χ1n) is 7.83. The van der Waals surface area contributed by atoms with Gasteiger partial charge in [-0.2, -0.15) is 0 Å². The van der Waals surface area contributed by atoms with Crippen LogP contribution in [0.25, 0.3) is 0 Å². The Balaban J connectivity index is 2.16. The zero-order valence-electron chi connectivity index (χ0n) is 13.8. The lowest BCUT2D eigenvalue weighted by molar-refractivity contribution is -0.384. The Labute approximate surface area is 136 Å². The van der Waals surface area contributed by atoms with Gasteiger partial charge in [0.25, 0.3) is 11.6 Å². The van der Waals surface area contributed by atoms with E-state index in [1.807, 2.05) is 0 Å². The molecule has 1 aliphatic heterocycles. The second-order valence-corrected chi connectivity index (χ2v) is 6.55. The summed E-state index contributed by atoms with van der Waals surface area (Å²) in [7, 11) is 1.50. The van der Waals surface area contributed by atoms with Crippen molar-refractivity contribution in [2.24, 2.45) is 5.41 Å². The number of hydrogen-bond acceptors (Lipinski definition) is 5. The van der Waals surface area contributed by atoms with Gasteiger partial charge in [-0.05, 0) is 36.9 Å². The molecule has 0 aromatic heterocycles. The molecule has 1 fully saturated rings. The average molecular weight is 320 g/mol. The molecule has 1 amide bonds. The van der Waals surface area contributed by atoms with Crippen LogP contribution in [-0.4, -0.2) is 37.0 Å². The first kappa shape index (κ1) is 17.2. The van der Waals surface area contributed by atoms with E-state index in [0.29, 0.717) is 12.2 Å². The highest BCUT2D eigenvalue weighted by atomic mass is 16.6. The van der Waals surface area contributed by atoms with Crippen molar-refractivity contribution in [1.82, 2.24) is 10.6 Å². The molecule has 7 heteroatoms. The first-order valence-corrected chi connectivity index (χ1v) is 7.83. The maximum absolute atomic E-state index is 11.6. The second kappa shape index (κ2) is 6.95. The molecule has 23 heavy (non-hydrogen) atoms. The summed E-state index contributed by atoms with van der Waals surface area (Å²) >= 11 is 0. The fourth-order valence-electron chi connectivity index (χ4n) is 2.95. The minimum atomic E-state index is -0.464. The van der Waals surface area contributed by atoms with Crippen molar-refractivity contribution in [3.8, 4) is 0 Å².